The first-order valence-corrected chi connectivity index (χ1v) is 8.97. The number of nitrogens with two attached hydrogens (primary N) is 1. The van der Waals surface area contributed by atoms with Gasteiger partial charge in [0.05, 0.1) is 12.1 Å². The molecule has 0 atom stereocenters. The third-order valence-electron chi connectivity index (χ3n) is 4.09. The summed E-state index contributed by atoms with van der Waals surface area (Å²) in [6.07, 6.45) is 1.95. The second kappa shape index (κ2) is 6.73. The van der Waals surface area contributed by atoms with Crippen LogP contribution in [0.4, 0.5) is 5.13 Å². The zero-order valence-corrected chi connectivity index (χ0v) is 14.3. The molecule has 3 aromatic rings. The van der Waals surface area contributed by atoms with Crippen molar-refractivity contribution in [2.45, 2.75) is 25.8 Å². The fourth-order valence-corrected chi connectivity index (χ4v) is 3.61. The van der Waals surface area contributed by atoms with Gasteiger partial charge in [0.2, 0.25) is 17.6 Å². The maximum Gasteiger partial charge on any atom is 0.233 e. The second-order valence-corrected chi connectivity index (χ2v) is 6.70. The number of amides is 1. The van der Waals surface area contributed by atoms with E-state index in [4.69, 9.17) is 10.3 Å². The van der Waals surface area contributed by atoms with Gasteiger partial charge in [-0.3, -0.25) is 9.69 Å². The van der Waals surface area contributed by atoms with Crippen molar-refractivity contribution < 1.29 is 9.32 Å². The molecule has 4 rings (SSSR count). The van der Waals surface area contributed by atoms with Crippen LogP contribution in [-0.2, 0) is 17.8 Å². The van der Waals surface area contributed by atoms with E-state index >= 15 is 0 Å². The van der Waals surface area contributed by atoms with E-state index in [1.54, 1.807) is 4.90 Å². The molecule has 1 aromatic carbocycles. The van der Waals surface area contributed by atoms with Gasteiger partial charge in [0, 0.05) is 30.5 Å². The summed E-state index contributed by atoms with van der Waals surface area (Å²) in [6, 6.07) is 7.75. The monoisotopic (exact) mass is 355 g/mol. The number of hydrogen-bond donors (Lipinski definition) is 1. The Balaban J connectivity index is 1.47. The minimum absolute atomic E-state index is 0.141. The van der Waals surface area contributed by atoms with Gasteiger partial charge < -0.3 is 10.3 Å². The smallest absolute Gasteiger partial charge is 0.233 e. The highest BCUT2D eigenvalue weighted by Crippen LogP contribution is 2.26. The van der Waals surface area contributed by atoms with Crippen molar-refractivity contribution in [1.82, 2.24) is 15.1 Å². The molecule has 0 spiro atoms. The first kappa shape index (κ1) is 15.9. The van der Waals surface area contributed by atoms with Crippen molar-refractivity contribution in [3.8, 4) is 11.4 Å². The van der Waals surface area contributed by atoms with Crippen LogP contribution in [0.15, 0.2) is 34.2 Å². The summed E-state index contributed by atoms with van der Waals surface area (Å²) in [7, 11) is 0. The van der Waals surface area contributed by atoms with Gasteiger partial charge in [-0.1, -0.05) is 29.4 Å². The van der Waals surface area contributed by atoms with Crippen LogP contribution in [0.1, 0.15) is 30.0 Å². The quantitative estimate of drug-likeness (QED) is 0.754. The first-order chi connectivity index (χ1) is 12.2. The van der Waals surface area contributed by atoms with Gasteiger partial charge in [0.25, 0.3) is 0 Å². The van der Waals surface area contributed by atoms with Crippen molar-refractivity contribution in [2.75, 3.05) is 11.4 Å². The maximum atomic E-state index is 11.8. The third-order valence-corrected chi connectivity index (χ3v) is 5.00. The molecular formula is C17H17N5O2S. The van der Waals surface area contributed by atoms with Gasteiger partial charge in [0.15, 0.2) is 5.13 Å². The van der Waals surface area contributed by atoms with Crippen molar-refractivity contribution in [2.24, 2.45) is 5.73 Å². The van der Waals surface area contributed by atoms with E-state index < -0.39 is 0 Å². The van der Waals surface area contributed by atoms with Crippen LogP contribution >= 0.6 is 11.3 Å². The van der Waals surface area contributed by atoms with Gasteiger partial charge in [-0.05, 0) is 12.0 Å². The third kappa shape index (κ3) is 3.31. The predicted octanol–water partition coefficient (Wildman–Crippen LogP) is 2.37. The minimum atomic E-state index is 0.141. The van der Waals surface area contributed by atoms with Crippen LogP contribution < -0.4 is 10.6 Å². The molecule has 1 aliphatic heterocycles. The zero-order valence-electron chi connectivity index (χ0n) is 13.5. The molecule has 0 aliphatic carbocycles. The van der Waals surface area contributed by atoms with Gasteiger partial charge in [0.1, 0.15) is 0 Å². The number of carbonyl (C=O) groups excluding carboxylic acids is 1. The molecular weight excluding hydrogens is 338 g/mol. The predicted molar refractivity (Wildman–Crippen MR) is 94.1 cm³/mol. The molecule has 2 aromatic heterocycles. The lowest BCUT2D eigenvalue weighted by Crippen LogP contribution is -2.23. The fourth-order valence-electron chi connectivity index (χ4n) is 2.74. The molecule has 0 radical (unpaired) electrons. The van der Waals surface area contributed by atoms with E-state index in [0.717, 1.165) is 34.9 Å². The summed E-state index contributed by atoms with van der Waals surface area (Å²) in [6.45, 7) is 1.25. The standard InChI is InChI=1S/C17H17N5O2S/c18-9-11-3-5-12(6-4-11)16-20-14(24-21-16)8-13-10-25-17(19-13)22-7-1-2-15(22)23/h3-6,10H,1-2,7-9,18H2. The normalized spacial score (nSPS) is 14.4. The molecule has 1 aliphatic rings. The fraction of sp³-hybridized carbons (Fsp3) is 0.294. The van der Waals surface area contributed by atoms with Gasteiger partial charge in [-0.25, -0.2) is 4.98 Å². The number of anilines is 1. The van der Waals surface area contributed by atoms with Crippen LogP contribution in [0.5, 0.6) is 0 Å². The Morgan fingerprint density at radius 2 is 2.08 bits per heavy atom. The number of nitrogens with zero attached hydrogens (tertiary/aromatic N) is 4. The molecule has 0 saturated carbocycles. The molecule has 7 nitrogen and oxygen atoms in total. The second-order valence-electron chi connectivity index (χ2n) is 5.86. The van der Waals surface area contributed by atoms with Gasteiger partial charge >= 0.3 is 0 Å². The summed E-state index contributed by atoms with van der Waals surface area (Å²) in [4.78, 5) is 22.5. The largest absolute Gasteiger partial charge is 0.339 e. The zero-order chi connectivity index (χ0) is 17.2. The number of hydrogen-bond acceptors (Lipinski definition) is 7. The topological polar surface area (TPSA) is 98.1 Å². The minimum Gasteiger partial charge on any atom is -0.339 e. The molecule has 0 bridgehead atoms. The number of aromatic nitrogens is 3. The van der Waals surface area contributed by atoms with E-state index in [1.165, 1.54) is 11.3 Å². The van der Waals surface area contributed by atoms with E-state index in [1.807, 2.05) is 29.6 Å². The van der Waals surface area contributed by atoms with Crippen molar-refractivity contribution in [3.63, 3.8) is 0 Å². The molecule has 1 fully saturated rings. The Morgan fingerprint density at radius 3 is 2.80 bits per heavy atom. The summed E-state index contributed by atoms with van der Waals surface area (Å²) >= 11 is 1.47. The number of rotatable bonds is 5. The lowest BCUT2D eigenvalue weighted by atomic mass is 10.1. The number of benzene rings is 1. The van der Waals surface area contributed by atoms with Crippen molar-refractivity contribution in [3.05, 3.63) is 46.8 Å². The van der Waals surface area contributed by atoms with Gasteiger partial charge in [-0.15, -0.1) is 11.3 Å². The Kier molecular flexibility index (Phi) is 4.29. The van der Waals surface area contributed by atoms with E-state index in [-0.39, 0.29) is 5.91 Å². The lowest BCUT2D eigenvalue weighted by Gasteiger charge is -2.10. The van der Waals surface area contributed by atoms with Gasteiger partial charge in [-0.2, -0.15) is 4.98 Å². The maximum absolute atomic E-state index is 11.8. The van der Waals surface area contributed by atoms with Crippen LogP contribution in [-0.4, -0.2) is 27.6 Å². The highest BCUT2D eigenvalue weighted by atomic mass is 32.1. The molecule has 1 amide bonds. The Bertz CT molecular complexity index is 887. The summed E-state index contributed by atoms with van der Waals surface area (Å²) in [5, 5.41) is 6.70. The Labute approximate surface area is 148 Å². The molecule has 2 N–H and O–H groups in total. The SMILES string of the molecule is NCc1ccc(-c2noc(Cc3csc(N4CCCC4=O)n3)n2)cc1. The molecule has 128 valence electrons. The van der Waals surface area contributed by atoms with E-state index in [0.29, 0.717) is 31.1 Å². The lowest BCUT2D eigenvalue weighted by molar-refractivity contribution is -0.117. The summed E-state index contributed by atoms with van der Waals surface area (Å²) < 4.78 is 5.33. The average Bonchev–Trinajstić information content (AvgIpc) is 3.36. The molecule has 8 heteroatoms. The number of carbonyl (C=O) groups is 1. The molecule has 3 heterocycles. The Hall–Kier alpha value is -2.58. The van der Waals surface area contributed by atoms with E-state index in [2.05, 4.69) is 15.1 Å². The van der Waals surface area contributed by atoms with Crippen LogP contribution in [0, 0.1) is 0 Å². The molecule has 1 saturated heterocycles. The molecule has 0 unspecified atom stereocenters. The average molecular weight is 355 g/mol. The van der Waals surface area contributed by atoms with Crippen LogP contribution in [0.3, 0.4) is 0 Å². The van der Waals surface area contributed by atoms with Crippen LogP contribution in [0.25, 0.3) is 11.4 Å². The molecule has 25 heavy (non-hydrogen) atoms. The van der Waals surface area contributed by atoms with Crippen molar-refractivity contribution in [1.29, 1.82) is 0 Å². The highest BCUT2D eigenvalue weighted by molar-refractivity contribution is 7.14. The summed E-state index contributed by atoms with van der Waals surface area (Å²) in [5.41, 5.74) is 8.37. The van der Waals surface area contributed by atoms with E-state index in [9.17, 15) is 4.79 Å². The van der Waals surface area contributed by atoms with Crippen LogP contribution in [0.2, 0.25) is 0 Å². The highest BCUT2D eigenvalue weighted by Gasteiger charge is 2.24. The summed E-state index contributed by atoms with van der Waals surface area (Å²) in [5.74, 6) is 1.19. The first-order valence-electron chi connectivity index (χ1n) is 8.09. The number of thiazole rings is 1. The Morgan fingerprint density at radius 1 is 1.24 bits per heavy atom. The van der Waals surface area contributed by atoms with Crippen molar-refractivity contribution >= 4 is 22.4 Å².